The molecule has 0 saturated heterocycles. The molecule has 4 rings (SSSR count). The van der Waals surface area contributed by atoms with Crippen LogP contribution in [0, 0.1) is 0 Å². The summed E-state index contributed by atoms with van der Waals surface area (Å²) in [5.74, 6) is 0.0152. The van der Waals surface area contributed by atoms with E-state index in [1.54, 1.807) is 0 Å². The molecule has 0 bridgehead atoms. The van der Waals surface area contributed by atoms with Crippen molar-refractivity contribution in [3.8, 4) is 0 Å². The maximum absolute atomic E-state index is 12.4. The zero-order valence-electron chi connectivity index (χ0n) is 12.8. The molecule has 4 heteroatoms. The highest BCUT2D eigenvalue weighted by molar-refractivity contribution is 8.16. The van der Waals surface area contributed by atoms with Gasteiger partial charge in [-0.05, 0) is 5.56 Å². The van der Waals surface area contributed by atoms with E-state index in [2.05, 4.69) is 9.89 Å². The molecular weight excluding hydrogens is 292 g/mol. The fourth-order valence-corrected chi connectivity index (χ4v) is 3.49. The van der Waals surface area contributed by atoms with Crippen LogP contribution in [-0.4, -0.2) is 28.9 Å². The van der Waals surface area contributed by atoms with Gasteiger partial charge in [0.25, 0.3) is 0 Å². The van der Waals surface area contributed by atoms with Crippen LogP contribution in [-0.2, 0) is 0 Å². The second kappa shape index (κ2) is 5.46. The quantitative estimate of drug-likeness (QED) is 0.812. The molecule has 0 radical (unpaired) electrons. The molecule has 0 amide bonds. The van der Waals surface area contributed by atoms with Gasteiger partial charge in [-0.25, -0.2) is 0 Å². The Hall–Kier alpha value is -2.33. The van der Waals surface area contributed by atoms with Gasteiger partial charge in [-0.15, -0.1) is 0 Å². The zero-order valence-corrected chi connectivity index (χ0v) is 12.6. The van der Waals surface area contributed by atoms with Crippen LogP contribution in [0.15, 0.2) is 65.0 Å². The highest BCUT2D eigenvalue weighted by atomic mass is 32.2. The van der Waals surface area contributed by atoms with E-state index in [1.807, 2.05) is 54.6 Å². The zero-order chi connectivity index (χ0) is 15.8. The summed E-state index contributed by atoms with van der Waals surface area (Å²) in [5.41, 5.74) is 3.20. The first-order valence-corrected chi connectivity index (χ1v) is 7.96. The molecule has 2 aromatic carbocycles. The minimum atomic E-state index is 0.0152. The smallest absolute Gasteiger partial charge is 0.193 e. The van der Waals surface area contributed by atoms with Crippen LogP contribution in [0.4, 0.5) is 0 Å². The first-order valence-electron chi connectivity index (χ1n) is 7.65. The molecule has 2 aromatic rings. The van der Waals surface area contributed by atoms with Gasteiger partial charge in [0, 0.05) is 23.1 Å². The standard InChI is InChI=1S/C18H14N2OS/c21-17(14-4-2-1-3-5-14)15-8-6-13(7-9-15)16-12-22-18-19-10-11-20(16)18/h1-9,12H,10-11H2/i12T. The normalized spacial score (nSPS) is 17.4. The minimum absolute atomic E-state index is 0.0152. The number of rotatable bonds is 3. The van der Waals surface area contributed by atoms with Crippen LogP contribution in [0.2, 0.25) is 0 Å². The maximum atomic E-state index is 12.4. The molecule has 0 spiro atoms. The number of thioether (sulfide) groups is 1. The summed E-state index contributed by atoms with van der Waals surface area (Å²) in [6.07, 6.45) is 0. The van der Waals surface area contributed by atoms with E-state index in [0.717, 1.165) is 29.5 Å². The number of carbonyl (C=O) groups is 1. The molecule has 0 aliphatic carbocycles. The number of benzene rings is 2. The number of hydrogen-bond donors (Lipinski definition) is 0. The SMILES string of the molecule is [3H]C1=C(c2ccc(C(=O)c3ccccc3)cc2)N2CCN=C2S1. The van der Waals surface area contributed by atoms with E-state index in [4.69, 9.17) is 1.37 Å². The number of fused-ring (bicyclic) bond motifs is 1. The van der Waals surface area contributed by atoms with Gasteiger partial charge in [-0.1, -0.05) is 66.4 Å². The second-order valence-electron chi connectivity index (χ2n) is 5.14. The molecule has 3 nitrogen and oxygen atoms in total. The summed E-state index contributed by atoms with van der Waals surface area (Å²) in [6, 6.07) is 16.8. The summed E-state index contributed by atoms with van der Waals surface area (Å²) in [6.45, 7) is 1.61. The highest BCUT2D eigenvalue weighted by Crippen LogP contribution is 2.35. The van der Waals surface area contributed by atoms with Crippen LogP contribution in [0.25, 0.3) is 5.70 Å². The van der Waals surface area contributed by atoms with E-state index in [9.17, 15) is 4.79 Å². The van der Waals surface area contributed by atoms with Gasteiger partial charge in [0.05, 0.1) is 13.6 Å². The van der Waals surface area contributed by atoms with Gasteiger partial charge < -0.3 is 4.90 Å². The monoisotopic (exact) mass is 308 g/mol. The summed E-state index contributed by atoms with van der Waals surface area (Å²) in [7, 11) is 0. The Labute approximate surface area is 134 Å². The molecule has 0 unspecified atom stereocenters. The third-order valence-electron chi connectivity index (χ3n) is 3.77. The van der Waals surface area contributed by atoms with E-state index < -0.39 is 0 Å². The molecule has 0 N–H and O–H groups in total. The molecule has 2 aliphatic rings. The molecule has 108 valence electrons. The molecule has 2 aliphatic heterocycles. The van der Waals surface area contributed by atoms with Gasteiger partial charge in [-0.3, -0.25) is 9.79 Å². The van der Waals surface area contributed by atoms with Crippen molar-refractivity contribution in [2.24, 2.45) is 4.99 Å². The minimum Gasteiger partial charge on any atom is -0.318 e. The molecule has 0 atom stereocenters. The number of amidine groups is 1. The number of aliphatic imine (C=N–C) groups is 1. The predicted octanol–water partition coefficient (Wildman–Crippen LogP) is 3.63. The predicted molar refractivity (Wildman–Crippen MR) is 90.9 cm³/mol. The summed E-state index contributed by atoms with van der Waals surface area (Å²) >= 11 is 1.40. The summed E-state index contributed by atoms with van der Waals surface area (Å²) in [4.78, 5) is 18.9. The second-order valence-corrected chi connectivity index (χ2v) is 5.91. The lowest BCUT2D eigenvalue weighted by Gasteiger charge is -2.16. The Kier molecular flexibility index (Phi) is 3.04. The summed E-state index contributed by atoms with van der Waals surface area (Å²) in [5, 5.41) is 1.43. The Balaban J connectivity index is 1.63. The van der Waals surface area contributed by atoms with Gasteiger partial charge in [0.15, 0.2) is 11.0 Å². The van der Waals surface area contributed by atoms with E-state index in [1.165, 1.54) is 11.8 Å². The first kappa shape index (κ1) is 12.2. The lowest BCUT2D eigenvalue weighted by Crippen LogP contribution is -2.19. The van der Waals surface area contributed by atoms with E-state index in [0.29, 0.717) is 16.5 Å². The molecule has 22 heavy (non-hydrogen) atoms. The van der Waals surface area contributed by atoms with Crippen molar-refractivity contribution in [3.05, 3.63) is 76.7 Å². The molecule has 0 saturated carbocycles. The fourth-order valence-electron chi connectivity index (χ4n) is 2.62. The summed E-state index contributed by atoms with van der Waals surface area (Å²) < 4.78 is 8.15. The molecule has 0 aromatic heterocycles. The Morgan fingerprint density at radius 1 is 1.09 bits per heavy atom. The first-order chi connectivity index (χ1) is 11.2. The van der Waals surface area contributed by atoms with Crippen molar-refractivity contribution in [1.82, 2.24) is 4.90 Å². The average Bonchev–Trinajstić information content (AvgIpc) is 3.15. The van der Waals surface area contributed by atoms with Gasteiger partial charge in [0.1, 0.15) is 0 Å². The van der Waals surface area contributed by atoms with Gasteiger partial charge >= 0.3 is 0 Å². The van der Waals surface area contributed by atoms with Crippen molar-refractivity contribution in [1.29, 1.82) is 0 Å². The number of ketones is 1. The van der Waals surface area contributed by atoms with E-state index >= 15 is 0 Å². The van der Waals surface area contributed by atoms with Crippen LogP contribution in [0.3, 0.4) is 0 Å². The maximum Gasteiger partial charge on any atom is 0.193 e. The fraction of sp³-hybridized carbons (Fsp3) is 0.111. The van der Waals surface area contributed by atoms with E-state index in [-0.39, 0.29) is 5.78 Å². The van der Waals surface area contributed by atoms with Crippen molar-refractivity contribution < 1.29 is 6.17 Å². The average molecular weight is 308 g/mol. The molecular formula is C18H14N2OS. The molecule has 0 fully saturated rings. The van der Waals surface area contributed by atoms with Crippen molar-refractivity contribution in [3.63, 3.8) is 0 Å². The lowest BCUT2D eigenvalue weighted by atomic mass is 10.0. The Morgan fingerprint density at radius 3 is 2.59 bits per heavy atom. The van der Waals surface area contributed by atoms with Crippen LogP contribution in [0.1, 0.15) is 22.9 Å². The third kappa shape index (κ3) is 2.25. The lowest BCUT2D eigenvalue weighted by molar-refractivity contribution is 0.103. The van der Waals surface area contributed by atoms with Crippen LogP contribution in [0.5, 0.6) is 0 Å². The van der Waals surface area contributed by atoms with Crippen molar-refractivity contribution in [2.75, 3.05) is 13.1 Å². The van der Waals surface area contributed by atoms with Crippen molar-refractivity contribution in [2.45, 2.75) is 0 Å². The molecule has 2 heterocycles. The largest absolute Gasteiger partial charge is 0.318 e. The van der Waals surface area contributed by atoms with Crippen molar-refractivity contribution >= 4 is 28.4 Å². The van der Waals surface area contributed by atoms with Gasteiger partial charge in [0.2, 0.25) is 0 Å². The topological polar surface area (TPSA) is 32.7 Å². The Bertz CT molecular complexity index is 828. The van der Waals surface area contributed by atoms with Crippen LogP contribution < -0.4 is 0 Å². The highest BCUT2D eigenvalue weighted by Gasteiger charge is 2.27. The van der Waals surface area contributed by atoms with Gasteiger partial charge in [-0.2, -0.15) is 0 Å². The third-order valence-corrected chi connectivity index (χ3v) is 4.59. The van der Waals surface area contributed by atoms with Crippen LogP contribution >= 0.6 is 11.8 Å². The number of nitrogens with zero attached hydrogens (tertiary/aromatic N) is 2. The Morgan fingerprint density at radius 2 is 1.82 bits per heavy atom. The number of carbonyl (C=O) groups excluding carboxylic acids is 1. The number of hydrogen-bond acceptors (Lipinski definition) is 4.